The molecule has 0 aliphatic heterocycles. The SMILES string of the molecule is C=C/C(Cl)=C\C=C(/C)N=N. The highest BCUT2D eigenvalue weighted by Gasteiger charge is 1.80. The Labute approximate surface area is 65.4 Å². The summed E-state index contributed by atoms with van der Waals surface area (Å²) in [5.41, 5.74) is 7.18. The van der Waals surface area contributed by atoms with Gasteiger partial charge >= 0.3 is 0 Å². The van der Waals surface area contributed by atoms with Crippen LogP contribution in [0, 0.1) is 5.53 Å². The predicted molar refractivity (Wildman–Crippen MR) is 43.0 cm³/mol. The minimum absolute atomic E-state index is 0.544. The van der Waals surface area contributed by atoms with Crippen molar-refractivity contribution < 1.29 is 0 Å². The number of rotatable bonds is 3. The lowest BCUT2D eigenvalue weighted by molar-refractivity contribution is 1.06. The largest absolute Gasteiger partial charge is 0.205 e. The fraction of sp³-hybridized carbons (Fsp3) is 0.143. The van der Waals surface area contributed by atoms with Gasteiger partial charge in [0.25, 0.3) is 0 Å². The van der Waals surface area contributed by atoms with Crippen molar-refractivity contribution in [1.82, 2.24) is 0 Å². The van der Waals surface area contributed by atoms with Gasteiger partial charge in [-0.25, -0.2) is 5.53 Å². The van der Waals surface area contributed by atoms with Crippen LogP contribution in [-0.2, 0) is 0 Å². The highest BCUT2D eigenvalue weighted by atomic mass is 35.5. The predicted octanol–water partition coefficient (Wildman–Crippen LogP) is 3.23. The van der Waals surface area contributed by atoms with Crippen LogP contribution in [0.3, 0.4) is 0 Å². The lowest BCUT2D eigenvalue weighted by Gasteiger charge is -1.84. The van der Waals surface area contributed by atoms with Crippen LogP contribution in [0.4, 0.5) is 0 Å². The molecular weight excluding hydrogens is 148 g/mol. The molecule has 1 N–H and O–H groups in total. The van der Waals surface area contributed by atoms with Gasteiger partial charge < -0.3 is 0 Å². The van der Waals surface area contributed by atoms with Crippen LogP contribution in [0.5, 0.6) is 0 Å². The monoisotopic (exact) mass is 156 g/mol. The molecule has 0 rings (SSSR count). The zero-order valence-electron chi connectivity index (χ0n) is 5.76. The second kappa shape index (κ2) is 4.94. The molecule has 0 heterocycles. The minimum atomic E-state index is 0.544. The van der Waals surface area contributed by atoms with Crippen molar-refractivity contribution in [1.29, 1.82) is 5.53 Å². The Morgan fingerprint density at radius 3 is 2.60 bits per heavy atom. The van der Waals surface area contributed by atoms with Crippen molar-refractivity contribution in [2.75, 3.05) is 0 Å². The molecule has 0 atom stereocenters. The van der Waals surface area contributed by atoms with Gasteiger partial charge in [-0.05, 0) is 19.1 Å². The van der Waals surface area contributed by atoms with Gasteiger partial charge in [0, 0.05) is 5.03 Å². The second-order valence-corrected chi connectivity index (χ2v) is 2.11. The zero-order chi connectivity index (χ0) is 7.98. The third kappa shape index (κ3) is 4.04. The summed E-state index contributed by atoms with van der Waals surface area (Å²) in [5.74, 6) is 0. The number of hydrogen-bond donors (Lipinski definition) is 1. The second-order valence-electron chi connectivity index (χ2n) is 1.68. The Balaban J connectivity index is 4.16. The highest BCUT2D eigenvalue weighted by Crippen LogP contribution is 2.03. The molecule has 54 valence electrons. The van der Waals surface area contributed by atoms with Crippen LogP contribution in [0.2, 0.25) is 0 Å². The molecule has 10 heavy (non-hydrogen) atoms. The van der Waals surface area contributed by atoms with Gasteiger partial charge in [0.2, 0.25) is 0 Å². The first-order valence-corrected chi connectivity index (χ1v) is 3.12. The average Bonchev–Trinajstić information content (AvgIpc) is 1.99. The van der Waals surface area contributed by atoms with Gasteiger partial charge in [-0.15, -0.1) is 0 Å². The molecule has 2 nitrogen and oxygen atoms in total. The molecule has 0 fully saturated rings. The van der Waals surface area contributed by atoms with Crippen LogP contribution in [0.1, 0.15) is 6.92 Å². The van der Waals surface area contributed by atoms with E-state index in [-0.39, 0.29) is 0 Å². The molecule has 0 aliphatic carbocycles. The van der Waals surface area contributed by atoms with E-state index >= 15 is 0 Å². The normalized spacial score (nSPS) is 13.0. The maximum absolute atomic E-state index is 6.57. The van der Waals surface area contributed by atoms with Crippen molar-refractivity contribution in [2.24, 2.45) is 5.11 Å². The fourth-order valence-corrected chi connectivity index (χ4v) is 0.369. The first-order chi connectivity index (χ1) is 4.70. The smallest absolute Gasteiger partial charge is 0.0593 e. The summed E-state index contributed by atoms with van der Waals surface area (Å²) in [5, 5.41) is 3.71. The van der Waals surface area contributed by atoms with Gasteiger partial charge in [-0.1, -0.05) is 24.3 Å². The van der Waals surface area contributed by atoms with Crippen molar-refractivity contribution in [2.45, 2.75) is 6.92 Å². The van der Waals surface area contributed by atoms with Crippen molar-refractivity contribution in [3.05, 3.63) is 35.5 Å². The van der Waals surface area contributed by atoms with Crippen LogP contribution >= 0.6 is 11.6 Å². The van der Waals surface area contributed by atoms with Crippen LogP contribution < -0.4 is 0 Å². The molecule has 0 saturated carbocycles. The summed E-state index contributed by atoms with van der Waals surface area (Å²) in [7, 11) is 0. The summed E-state index contributed by atoms with van der Waals surface area (Å²) < 4.78 is 0. The van der Waals surface area contributed by atoms with Gasteiger partial charge in [-0.2, -0.15) is 5.11 Å². The molecule has 0 aliphatic rings. The summed E-state index contributed by atoms with van der Waals surface area (Å²) in [4.78, 5) is 0. The van der Waals surface area contributed by atoms with Crippen LogP contribution in [-0.4, -0.2) is 0 Å². The molecule has 0 saturated heterocycles. The first-order valence-electron chi connectivity index (χ1n) is 2.74. The average molecular weight is 157 g/mol. The molecular formula is C7H9ClN2. The molecule has 0 amide bonds. The standard InChI is InChI=1S/C7H9ClN2/c1-3-7(8)5-4-6(2)10-9/h3-5,9H,1H2,2H3/b6-4+,7-5+,10-9?. The van der Waals surface area contributed by atoms with E-state index in [9.17, 15) is 0 Å². The Kier molecular flexibility index (Phi) is 4.50. The molecule has 3 heteroatoms. The molecule has 0 aromatic rings. The van der Waals surface area contributed by atoms with E-state index in [0.717, 1.165) is 0 Å². The number of hydrogen-bond acceptors (Lipinski definition) is 2. The lowest BCUT2D eigenvalue weighted by Crippen LogP contribution is -1.64. The van der Waals surface area contributed by atoms with E-state index in [1.807, 2.05) is 0 Å². The molecule has 0 bridgehead atoms. The van der Waals surface area contributed by atoms with E-state index in [1.165, 1.54) is 6.08 Å². The Bertz CT molecular complexity index is 170. The zero-order valence-corrected chi connectivity index (χ0v) is 6.52. The number of halogens is 1. The van der Waals surface area contributed by atoms with E-state index in [2.05, 4.69) is 11.7 Å². The van der Waals surface area contributed by atoms with E-state index < -0.39 is 0 Å². The van der Waals surface area contributed by atoms with Gasteiger partial charge in [0.15, 0.2) is 0 Å². The topological polar surface area (TPSA) is 36.2 Å². The van der Waals surface area contributed by atoms with Gasteiger partial charge in [0.05, 0.1) is 5.70 Å². The van der Waals surface area contributed by atoms with E-state index in [0.29, 0.717) is 10.7 Å². The Morgan fingerprint density at radius 2 is 2.20 bits per heavy atom. The Hall–Kier alpha value is -0.890. The molecule has 0 spiro atoms. The van der Waals surface area contributed by atoms with Crippen LogP contribution in [0.25, 0.3) is 0 Å². The van der Waals surface area contributed by atoms with Crippen molar-refractivity contribution >= 4 is 11.6 Å². The van der Waals surface area contributed by atoms with Crippen LogP contribution in [0.15, 0.2) is 40.7 Å². The maximum atomic E-state index is 6.57. The summed E-state index contributed by atoms with van der Waals surface area (Å²) >= 11 is 5.56. The summed E-state index contributed by atoms with van der Waals surface area (Å²) in [6.45, 7) is 5.18. The van der Waals surface area contributed by atoms with E-state index in [1.54, 1.807) is 19.1 Å². The first kappa shape index (κ1) is 9.11. The van der Waals surface area contributed by atoms with Crippen molar-refractivity contribution in [3.63, 3.8) is 0 Å². The van der Waals surface area contributed by atoms with Gasteiger partial charge in [0.1, 0.15) is 0 Å². The molecule has 0 radical (unpaired) electrons. The minimum Gasteiger partial charge on any atom is -0.205 e. The fourth-order valence-electron chi connectivity index (χ4n) is 0.306. The number of allylic oxidation sites excluding steroid dienone is 5. The molecule has 0 unspecified atom stereocenters. The number of nitrogens with one attached hydrogen (secondary N) is 1. The van der Waals surface area contributed by atoms with Gasteiger partial charge in [-0.3, -0.25) is 0 Å². The molecule has 0 aromatic heterocycles. The maximum Gasteiger partial charge on any atom is 0.0593 e. The number of nitrogens with zero attached hydrogens (tertiary/aromatic N) is 1. The highest BCUT2D eigenvalue weighted by molar-refractivity contribution is 6.31. The summed E-state index contributed by atoms with van der Waals surface area (Å²) in [6.07, 6.45) is 4.81. The third-order valence-corrected chi connectivity index (χ3v) is 1.14. The molecule has 0 aromatic carbocycles. The quantitative estimate of drug-likeness (QED) is 0.481. The lowest BCUT2D eigenvalue weighted by atomic mass is 10.4. The Morgan fingerprint density at radius 1 is 1.60 bits per heavy atom. The summed E-state index contributed by atoms with van der Waals surface area (Å²) in [6, 6.07) is 0. The van der Waals surface area contributed by atoms with Crippen molar-refractivity contribution in [3.8, 4) is 0 Å². The van der Waals surface area contributed by atoms with E-state index in [4.69, 9.17) is 17.1 Å². The third-order valence-electron chi connectivity index (χ3n) is 0.855.